The molecule has 0 aromatic carbocycles. The Balaban J connectivity index is 4.07. The van der Waals surface area contributed by atoms with Crippen molar-refractivity contribution in [3.63, 3.8) is 0 Å². The number of nitrogens with one attached hydrogen (secondary N) is 1. The summed E-state index contributed by atoms with van der Waals surface area (Å²) in [5, 5.41) is 2.68. The Morgan fingerprint density at radius 3 is 2.47 bits per heavy atom. The normalized spacial score (nSPS) is 11.0. The van der Waals surface area contributed by atoms with E-state index in [2.05, 4.69) is 11.9 Å². The molecule has 0 unspecified atom stereocenters. The summed E-state index contributed by atoms with van der Waals surface area (Å²) in [6.45, 7) is 12.6. The van der Waals surface area contributed by atoms with Gasteiger partial charge in [-0.3, -0.25) is 0 Å². The van der Waals surface area contributed by atoms with Crippen molar-refractivity contribution < 1.29 is 9.53 Å². The first kappa shape index (κ1) is 15.5. The first-order chi connectivity index (χ1) is 7.95. The van der Waals surface area contributed by atoms with E-state index in [1.54, 1.807) is 6.08 Å². The van der Waals surface area contributed by atoms with Crippen LogP contribution in [-0.4, -0.2) is 19.2 Å². The maximum absolute atomic E-state index is 11.3. The van der Waals surface area contributed by atoms with Crippen molar-refractivity contribution >= 4 is 6.09 Å². The Morgan fingerprint density at radius 1 is 1.35 bits per heavy atom. The summed E-state index contributed by atoms with van der Waals surface area (Å²) >= 11 is 0. The lowest BCUT2D eigenvalue weighted by Crippen LogP contribution is -2.27. The van der Waals surface area contributed by atoms with Gasteiger partial charge in [-0.1, -0.05) is 44.2 Å². The maximum atomic E-state index is 11.3. The summed E-state index contributed by atoms with van der Waals surface area (Å²) in [4.78, 5) is 11.3. The highest BCUT2D eigenvalue weighted by molar-refractivity contribution is 5.67. The summed E-state index contributed by atoms with van der Waals surface area (Å²) in [5.74, 6) is 0.348. The fourth-order valence-electron chi connectivity index (χ4n) is 0.940. The molecule has 0 saturated carbocycles. The van der Waals surface area contributed by atoms with Crippen molar-refractivity contribution in [1.82, 2.24) is 5.32 Å². The van der Waals surface area contributed by atoms with Gasteiger partial charge in [0.25, 0.3) is 0 Å². The molecule has 0 saturated heterocycles. The molecule has 0 aromatic heterocycles. The van der Waals surface area contributed by atoms with Crippen LogP contribution < -0.4 is 5.32 Å². The lowest BCUT2D eigenvalue weighted by molar-refractivity contribution is 0.134. The number of hydrogen-bond acceptors (Lipinski definition) is 2. The lowest BCUT2D eigenvalue weighted by Gasteiger charge is -2.08. The quantitative estimate of drug-likeness (QED) is 0.719. The van der Waals surface area contributed by atoms with Crippen LogP contribution in [-0.2, 0) is 4.74 Å². The highest BCUT2D eigenvalue weighted by Crippen LogP contribution is 1.98. The van der Waals surface area contributed by atoms with Gasteiger partial charge in [-0.05, 0) is 25.3 Å². The number of carbonyl (C=O) groups excluding carboxylic acids is 1. The van der Waals surface area contributed by atoms with Crippen LogP contribution >= 0.6 is 0 Å². The van der Waals surface area contributed by atoms with Crippen molar-refractivity contribution in [2.45, 2.75) is 27.7 Å². The van der Waals surface area contributed by atoms with Gasteiger partial charge in [-0.2, -0.15) is 0 Å². The topological polar surface area (TPSA) is 38.3 Å². The predicted octanol–water partition coefficient (Wildman–Crippen LogP) is 3.45. The third kappa shape index (κ3) is 9.42. The van der Waals surface area contributed by atoms with Crippen molar-refractivity contribution in [2.24, 2.45) is 5.92 Å². The molecule has 0 aliphatic heterocycles. The number of ether oxygens (including phenoxy) is 1. The van der Waals surface area contributed by atoms with Gasteiger partial charge in [0.2, 0.25) is 0 Å². The van der Waals surface area contributed by atoms with Gasteiger partial charge >= 0.3 is 6.09 Å². The highest BCUT2D eigenvalue weighted by atomic mass is 16.5. The van der Waals surface area contributed by atoms with Gasteiger partial charge in [-0.25, -0.2) is 4.79 Å². The van der Waals surface area contributed by atoms with Gasteiger partial charge in [0, 0.05) is 6.54 Å². The van der Waals surface area contributed by atoms with Gasteiger partial charge in [0.05, 0.1) is 6.61 Å². The molecule has 96 valence electrons. The zero-order valence-corrected chi connectivity index (χ0v) is 11.2. The SMILES string of the molecule is C=C/C(=C\C=C(C)C)CNC(=O)OCC(C)C. The predicted molar refractivity (Wildman–Crippen MR) is 71.9 cm³/mol. The second-order valence-electron chi connectivity index (χ2n) is 4.54. The van der Waals surface area contributed by atoms with E-state index in [0.717, 1.165) is 5.57 Å². The molecule has 0 radical (unpaired) electrons. The number of amides is 1. The van der Waals surface area contributed by atoms with Gasteiger partial charge in [-0.15, -0.1) is 0 Å². The monoisotopic (exact) mass is 237 g/mol. The number of alkyl carbamates (subject to hydrolysis) is 1. The number of rotatable bonds is 6. The standard InChI is InChI=1S/C14H23NO2/c1-6-13(8-7-11(2)3)9-15-14(16)17-10-12(4)5/h6-8,12H,1,9-10H2,2-5H3,(H,15,16)/b13-8+. The van der Waals surface area contributed by atoms with Crippen LogP contribution in [0.2, 0.25) is 0 Å². The van der Waals surface area contributed by atoms with Crippen molar-refractivity contribution in [2.75, 3.05) is 13.2 Å². The first-order valence-electron chi connectivity index (χ1n) is 5.82. The zero-order valence-electron chi connectivity index (χ0n) is 11.2. The second kappa shape index (κ2) is 8.62. The van der Waals surface area contributed by atoms with Gasteiger partial charge < -0.3 is 10.1 Å². The van der Waals surface area contributed by atoms with E-state index in [1.165, 1.54) is 5.57 Å². The fraction of sp³-hybridized carbons (Fsp3) is 0.500. The minimum atomic E-state index is -0.386. The molecule has 0 spiro atoms. The summed E-state index contributed by atoms with van der Waals surface area (Å²) in [6.07, 6.45) is 5.26. The lowest BCUT2D eigenvalue weighted by atomic mass is 10.2. The molecule has 17 heavy (non-hydrogen) atoms. The van der Waals surface area contributed by atoms with Crippen LogP contribution in [0.15, 0.2) is 36.0 Å². The van der Waals surface area contributed by atoms with Crippen LogP contribution in [0.1, 0.15) is 27.7 Å². The number of hydrogen-bond donors (Lipinski definition) is 1. The molecular formula is C14H23NO2. The average Bonchev–Trinajstić information content (AvgIpc) is 2.26. The summed E-state index contributed by atoms with van der Waals surface area (Å²) in [6, 6.07) is 0. The fourth-order valence-corrected chi connectivity index (χ4v) is 0.940. The highest BCUT2D eigenvalue weighted by Gasteiger charge is 2.03. The van der Waals surface area contributed by atoms with Gasteiger partial charge in [0.15, 0.2) is 0 Å². The summed E-state index contributed by atoms with van der Waals surface area (Å²) in [5.41, 5.74) is 2.15. The molecule has 0 rings (SSSR count). The molecule has 3 nitrogen and oxygen atoms in total. The third-order valence-electron chi connectivity index (χ3n) is 1.88. The Bertz CT molecular complexity index is 310. The van der Waals surface area contributed by atoms with Crippen molar-refractivity contribution in [3.8, 4) is 0 Å². The summed E-state index contributed by atoms with van der Waals surface area (Å²) in [7, 11) is 0. The van der Waals surface area contributed by atoms with Crippen molar-refractivity contribution in [1.29, 1.82) is 0 Å². The minimum Gasteiger partial charge on any atom is -0.449 e. The average molecular weight is 237 g/mol. The molecule has 0 aliphatic rings. The third-order valence-corrected chi connectivity index (χ3v) is 1.88. The molecule has 1 N–H and O–H groups in total. The van der Waals surface area contributed by atoms with E-state index in [4.69, 9.17) is 4.74 Å². The van der Waals surface area contributed by atoms with Crippen LogP contribution in [0, 0.1) is 5.92 Å². The molecule has 0 aromatic rings. The largest absolute Gasteiger partial charge is 0.449 e. The minimum absolute atomic E-state index is 0.348. The Labute approximate surface area is 104 Å². The van der Waals surface area contributed by atoms with Crippen LogP contribution in [0.3, 0.4) is 0 Å². The molecule has 0 bridgehead atoms. The molecule has 0 fully saturated rings. The molecule has 0 heterocycles. The molecular weight excluding hydrogens is 214 g/mol. The second-order valence-corrected chi connectivity index (χ2v) is 4.54. The zero-order chi connectivity index (χ0) is 13.3. The van der Waals surface area contributed by atoms with Crippen molar-refractivity contribution in [3.05, 3.63) is 36.0 Å². The number of carbonyl (C=O) groups is 1. The van der Waals surface area contributed by atoms with Gasteiger partial charge in [0.1, 0.15) is 0 Å². The van der Waals surface area contributed by atoms with E-state index in [-0.39, 0.29) is 6.09 Å². The Morgan fingerprint density at radius 2 is 2.00 bits per heavy atom. The molecule has 0 aliphatic carbocycles. The van der Waals surface area contributed by atoms with Crippen LogP contribution in [0.25, 0.3) is 0 Å². The van der Waals surface area contributed by atoms with E-state index >= 15 is 0 Å². The molecule has 3 heteroatoms. The molecule has 0 atom stereocenters. The summed E-state index contributed by atoms with van der Waals surface area (Å²) < 4.78 is 5.00. The van der Waals surface area contributed by atoms with E-state index in [1.807, 2.05) is 39.8 Å². The van der Waals surface area contributed by atoms with Crippen LogP contribution in [0.5, 0.6) is 0 Å². The van der Waals surface area contributed by atoms with E-state index in [9.17, 15) is 4.79 Å². The van der Waals surface area contributed by atoms with Crippen LogP contribution in [0.4, 0.5) is 4.79 Å². The Hall–Kier alpha value is -1.51. The molecule has 1 amide bonds. The van der Waals surface area contributed by atoms with E-state index < -0.39 is 0 Å². The maximum Gasteiger partial charge on any atom is 0.407 e. The Kier molecular flexibility index (Phi) is 7.85. The first-order valence-corrected chi connectivity index (χ1v) is 5.82. The number of allylic oxidation sites excluding steroid dienone is 3. The smallest absolute Gasteiger partial charge is 0.407 e. The van der Waals surface area contributed by atoms with E-state index in [0.29, 0.717) is 19.1 Å².